The molecule has 0 fully saturated rings. The summed E-state index contributed by atoms with van der Waals surface area (Å²) in [5, 5.41) is 0. The van der Waals surface area contributed by atoms with E-state index in [0.29, 0.717) is 29.5 Å². The zero-order valence-corrected chi connectivity index (χ0v) is 15.7. The SMILES string of the molecule is CC(C)(C)OC(=O)N1CCOc2c([S-])cccc21.[K+]. The predicted octanol–water partition coefficient (Wildman–Crippen LogP) is -0.270. The van der Waals surface area contributed by atoms with Gasteiger partial charge in [0.2, 0.25) is 0 Å². The molecule has 0 radical (unpaired) electrons. The van der Waals surface area contributed by atoms with Crippen LogP contribution >= 0.6 is 0 Å². The molecule has 1 aliphatic heterocycles. The molecule has 19 heavy (non-hydrogen) atoms. The normalized spacial score (nSPS) is 13.9. The first kappa shape index (κ1) is 17.2. The minimum atomic E-state index is -0.513. The molecular formula is C13H16KNO3S. The van der Waals surface area contributed by atoms with Crippen LogP contribution in [0.25, 0.3) is 0 Å². The first-order valence-electron chi connectivity index (χ1n) is 5.82. The van der Waals surface area contributed by atoms with Gasteiger partial charge in [-0.15, -0.1) is 4.90 Å². The van der Waals surface area contributed by atoms with Crippen LogP contribution in [0.2, 0.25) is 0 Å². The van der Waals surface area contributed by atoms with E-state index >= 15 is 0 Å². The molecule has 2 rings (SSSR count). The summed E-state index contributed by atoms with van der Waals surface area (Å²) in [5.74, 6) is 0.588. The van der Waals surface area contributed by atoms with Gasteiger partial charge in [0.15, 0.2) is 0 Å². The van der Waals surface area contributed by atoms with Crippen LogP contribution in [0.4, 0.5) is 10.5 Å². The second-order valence-corrected chi connectivity index (χ2v) is 5.52. The molecule has 1 aliphatic rings. The summed E-state index contributed by atoms with van der Waals surface area (Å²) in [5.41, 5.74) is 0.171. The van der Waals surface area contributed by atoms with Crippen molar-refractivity contribution in [3.8, 4) is 5.75 Å². The second-order valence-electron chi connectivity index (χ2n) is 5.08. The molecule has 1 amide bonds. The van der Waals surface area contributed by atoms with E-state index < -0.39 is 5.60 Å². The van der Waals surface area contributed by atoms with Crippen LogP contribution in [-0.2, 0) is 17.4 Å². The van der Waals surface area contributed by atoms with Gasteiger partial charge in [0.25, 0.3) is 0 Å². The maximum absolute atomic E-state index is 12.1. The van der Waals surface area contributed by atoms with Crippen LogP contribution in [0.1, 0.15) is 20.8 Å². The van der Waals surface area contributed by atoms with Crippen molar-refractivity contribution in [1.29, 1.82) is 0 Å². The van der Waals surface area contributed by atoms with Crippen LogP contribution in [0, 0.1) is 0 Å². The number of carbonyl (C=O) groups excluding carboxylic acids is 1. The molecule has 1 aromatic rings. The smallest absolute Gasteiger partial charge is 0.776 e. The number of benzene rings is 1. The molecule has 0 N–H and O–H groups in total. The fourth-order valence-electron chi connectivity index (χ4n) is 1.73. The van der Waals surface area contributed by atoms with Crippen molar-refractivity contribution in [2.75, 3.05) is 18.1 Å². The number of nitrogens with zero attached hydrogens (tertiary/aromatic N) is 1. The number of anilines is 1. The first-order valence-corrected chi connectivity index (χ1v) is 6.23. The molecular weight excluding hydrogens is 289 g/mol. The number of hydrogen-bond donors (Lipinski definition) is 0. The van der Waals surface area contributed by atoms with Gasteiger partial charge in [-0.25, -0.2) is 4.79 Å². The fraction of sp³-hybridized carbons (Fsp3) is 0.462. The Bertz CT molecular complexity index is 473. The van der Waals surface area contributed by atoms with Crippen LogP contribution in [0.5, 0.6) is 5.75 Å². The molecule has 4 nitrogen and oxygen atoms in total. The van der Waals surface area contributed by atoms with E-state index in [1.54, 1.807) is 11.0 Å². The summed E-state index contributed by atoms with van der Waals surface area (Å²) in [6, 6.07) is 5.41. The van der Waals surface area contributed by atoms with E-state index in [1.807, 2.05) is 32.9 Å². The molecule has 0 aliphatic carbocycles. The van der Waals surface area contributed by atoms with Gasteiger partial charge in [-0.3, -0.25) is 4.90 Å². The number of rotatable bonds is 0. The van der Waals surface area contributed by atoms with Crippen LogP contribution < -0.4 is 61.0 Å². The molecule has 6 heteroatoms. The summed E-state index contributed by atoms with van der Waals surface area (Å²) >= 11 is 5.18. The van der Waals surface area contributed by atoms with E-state index in [0.717, 1.165) is 0 Å². The average molecular weight is 305 g/mol. The summed E-state index contributed by atoms with van der Waals surface area (Å²) < 4.78 is 10.9. The maximum Gasteiger partial charge on any atom is 1.00 e. The van der Waals surface area contributed by atoms with Gasteiger partial charge in [0, 0.05) is 0 Å². The van der Waals surface area contributed by atoms with E-state index in [-0.39, 0.29) is 57.5 Å². The van der Waals surface area contributed by atoms with Crippen molar-refractivity contribution in [2.45, 2.75) is 31.3 Å². The van der Waals surface area contributed by atoms with Gasteiger partial charge in [-0.1, -0.05) is 12.1 Å². The summed E-state index contributed by atoms with van der Waals surface area (Å²) in [6.45, 7) is 6.43. The minimum Gasteiger partial charge on any atom is -0.776 e. The van der Waals surface area contributed by atoms with E-state index in [4.69, 9.17) is 22.1 Å². The van der Waals surface area contributed by atoms with Gasteiger partial charge in [0.05, 0.1) is 12.2 Å². The van der Waals surface area contributed by atoms with Gasteiger partial charge >= 0.3 is 57.5 Å². The van der Waals surface area contributed by atoms with Crippen molar-refractivity contribution in [3.63, 3.8) is 0 Å². The van der Waals surface area contributed by atoms with E-state index in [1.165, 1.54) is 0 Å². The van der Waals surface area contributed by atoms with E-state index in [9.17, 15) is 4.79 Å². The van der Waals surface area contributed by atoms with Gasteiger partial charge < -0.3 is 22.1 Å². The molecule has 0 aromatic heterocycles. The van der Waals surface area contributed by atoms with Crippen LogP contribution in [0.15, 0.2) is 23.1 Å². The number of amides is 1. The maximum atomic E-state index is 12.1. The third kappa shape index (κ3) is 4.31. The van der Waals surface area contributed by atoms with Crippen molar-refractivity contribution in [1.82, 2.24) is 0 Å². The Kier molecular flexibility index (Phi) is 6.10. The summed E-state index contributed by atoms with van der Waals surface area (Å²) in [7, 11) is 0. The molecule has 0 unspecified atom stereocenters. The largest absolute Gasteiger partial charge is 1.00 e. The number of carbonyl (C=O) groups is 1. The van der Waals surface area contributed by atoms with Crippen molar-refractivity contribution >= 4 is 24.4 Å². The number of para-hydroxylation sites is 1. The Morgan fingerprint density at radius 1 is 1.42 bits per heavy atom. The molecule has 0 bridgehead atoms. The average Bonchev–Trinajstić information content (AvgIpc) is 2.26. The molecule has 1 heterocycles. The number of fused-ring (bicyclic) bond motifs is 1. The van der Waals surface area contributed by atoms with Crippen molar-refractivity contribution in [3.05, 3.63) is 18.2 Å². The van der Waals surface area contributed by atoms with Gasteiger partial charge in [-0.2, -0.15) is 0 Å². The Balaban J connectivity index is 0.00000180. The van der Waals surface area contributed by atoms with Gasteiger partial charge in [0.1, 0.15) is 18.0 Å². The Hall–Kier alpha value is 0.146. The monoisotopic (exact) mass is 305 g/mol. The molecule has 0 spiro atoms. The molecule has 0 atom stereocenters. The Labute approximate surface area is 161 Å². The second kappa shape index (κ2) is 6.73. The zero-order valence-electron chi connectivity index (χ0n) is 11.7. The van der Waals surface area contributed by atoms with Gasteiger partial charge in [-0.05, 0) is 26.8 Å². The van der Waals surface area contributed by atoms with E-state index in [2.05, 4.69) is 0 Å². The van der Waals surface area contributed by atoms with Crippen LogP contribution in [0.3, 0.4) is 0 Å². The number of hydrogen-bond acceptors (Lipinski definition) is 4. The summed E-state index contributed by atoms with van der Waals surface area (Å²) in [4.78, 5) is 14.3. The third-order valence-electron chi connectivity index (χ3n) is 2.42. The topological polar surface area (TPSA) is 38.8 Å². The minimum absolute atomic E-state index is 0. The number of ether oxygens (including phenoxy) is 2. The Morgan fingerprint density at radius 3 is 2.74 bits per heavy atom. The molecule has 1 aromatic carbocycles. The molecule has 98 valence electrons. The zero-order chi connectivity index (χ0) is 13.3. The fourth-order valence-corrected chi connectivity index (χ4v) is 1.97. The Morgan fingerprint density at radius 2 is 2.11 bits per heavy atom. The van der Waals surface area contributed by atoms with Crippen molar-refractivity contribution < 1.29 is 65.7 Å². The standard InChI is InChI=1S/C13H17NO3S.K/c1-13(2,3)17-12(15)14-7-8-16-11-9(14)5-4-6-10(11)18;/h4-6,18H,7-8H2,1-3H3;/q;+1/p-1. The van der Waals surface area contributed by atoms with Crippen LogP contribution in [-0.4, -0.2) is 24.8 Å². The first-order chi connectivity index (χ1) is 8.38. The molecule has 0 saturated carbocycles. The predicted molar refractivity (Wildman–Crippen MR) is 71.1 cm³/mol. The molecule has 0 saturated heterocycles. The quantitative estimate of drug-likeness (QED) is 0.489. The summed E-state index contributed by atoms with van der Waals surface area (Å²) in [6.07, 6.45) is -0.368. The van der Waals surface area contributed by atoms with Crippen molar-refractivity contribution in [2.24, 2.45) is 0 Å². The third-order valence-corrected chi connectivity index (χ3v) is 2.75.